The van der Waals surface area contributed by atoms with Crippen LogP contribution in [0.15, 0.2) is 78.9 Å². The molecular weight excluding hydrogens is 391 g/mol. The zero-order valence-corrected chi connectivity index (χ0v) is 17.1. The minimum atomic E-state index is -0.123. The molecule has 0 saturated carbocycles. The molecule has 144 valence electrons. The normalized spacial score (nSPS) is 11.0. The number of halogens is 2. The van der Waals surface area contributed by atoms with E-state index in [1.807, 2.05) is 43.4 Å². The van der Waals surface area contributed by atoms with Crippen molar-refractivity contribution in [2.24, 2.45) is 0 Å². The number of carbonyl (C=O) groups is 1. The van der Waals surface area contributed by atoms with Crippen LogP contribution in [0.2, 0.25) is 10.0 Å². The maximum Gasteiger partial charge on any atom is 0.225 e. The van der Waals surface area contributed by atoms with E-state index in [4.69, 9.17) is 23.2 Å². The number of amides is 1. The zero-order valence-electron chi connectivity index (χ0n) is 15.6. The highest BCUT2D eigenvalue weighted by Gasteiger charge is 2.20. The van der Waals surface area contributed by atoms with E-state index >= 15 is 0 Å². The lowest BCUT2D eigenvalue weighted by molar-refractivity contribution is -0.116. The lowest BCUT2D eigenvalue weighted by atomic mass is 9.97. The van der Waals surface area contributed by atoms with Crippen molar-refractivity contribution in [2.45, 2.75) is 12.5 Å². The molecule has 0 fully saturated rings. The van der Waals surface area contributed by atoms with Gasteiger partial charge in [-0.15, -0.1) is 0 Å². The molecule has 0 spiro atoms. The van der Waals surface area contributed by atoms with Crippen LogP contribution in [0.3, 0.4) is 0 Å². The monoisotopic (exact) mass is 412 g/mol. The third-order valence-corrected chi connectivity index (χ3v) is 5.22. The summed E-state index contributed by atoms with van der Waals surface area (Å²) in [4.78, 5) is 14.6. The van der Waals surface area contributed by atoms with Gasteiger partial charge in [0.15, 0.2) is 0 Å². The van der Waals surface area contributed by atoms with Crippen LogP contribution in [-0.2, 0) is 4.79 Å². The van der Waals surface area contributed by atoms with Crippen molar-refractivity contribution in [1.82, 2.24) is 4.90 Å². The van der Waals surface area contributed by atoms with Crippen LogP contribution in [0.4, 0.5) is 5.69 Å². The van der Waals surface area contributed by atoms with Gasteiger partial charge in [-0.3, -0.25) is 9.69 Å². The Morgan fingerprint density at radius 2 is 1.36 bits per heavy atom. The Kier molecular flexibility index (Phi) is 7.10. The minimum Gasteiger partial charge on any atom is -0.324 e. The Labute approximate surface area is 175 Å². The number of anilines is 1. The van der Waals surface area contributed by atoms with Gasteiger partial charge in [0.25, 0.3) is 0 Å². The van der Waals surface area contributed by atoms with Crippen molar-refractivity contribution in [3.63, 3.8) is 0 Å². The third kappa shape index (κ3) is 5.14. The summed E-state index contributed by atoms with van der Waals surface area (Å²) < 4.78 is 0. The van der Waals surface area contributed by atoms with Crippen molar-refractivity contribution in [1.29, 1.82) is 0 Å². The molecule has 0 saturated heterocycles. The Balaban J connectivity index is 1.70. The smallest absolute Gasteiger partial charge is 0.225 e. The van der Waals surface area contributed by atoms with Crippen molar-refractivity contribution in [3.05, 3.63) is 100 Å². The molecule has 0 unspecified atom stereocenters. The molecule has 0 bridgehead atoms. The first-order valence-corrected chi connectivity index (χ1v) is 9.86. The van der Waals surface area contributed by atoms with E-state index in [0.29, 0.717) is 28.7 Å². The fraction of sp³-hybridized carbons (Fsp3) is 0.174. The molecule has 5 heteroatoms. The van der Waals surface area contributed by atoms with Gasteiger partial charge < -0.3 is 5.32 Å². The number of nitrogens with zero attached hydrogens (tertiary/aromatic N) is 1. The molecule has 0 atom stereocenters. The molecule has 0 radical (unpaired) electrons. The Morgan fingerprint density at radius 1 is 0.857 bits per heavy atom. The number of hydrogen-bond acceptors (Lipinski definition) is 2. The topological polar surface area (TPSA) is 32.3 Å². The van der Waals surface area contributed by atoms with Gasteiger partial charge in [0, 0.05) is 13.0 Å². The number of carbonyl (C=O) groups excluding carboxylic acids is 1. The van der Waals surface area contributed by atoms with E-state index in [2.05, 4.69) is 34.5 Å². The molecule has 3 aromatic rings. The van der Waals surface area contributed by atoms with Crippen molar-refractivity contribution < 1.29 is 4.79 Å². The fourth-order valence-corrected chi connectivity index (χ4v) is 3.69. The summed E-state index contributed by atoms with van der Waals surface area (Å²) in [6.07, 6.45) is 0.328. The fourth-order valence-electron chi connectivity index (χ4n) is 3.20. The molecule has 3 aromatic carbocycles. The lowest BCUT2D eigenvalue weighted by Gasteiger charge is -2.29. The van der Waals surface area contributed by atoms with Gasteiger partial charge in [0.1, 0.15) is 0 Å². The van der Waals surface area contributed by atoms with E-state index in [-0.39, 0.29) is 11.9 Å². The highest BCUT2D eigenvalue weighted by atomic mass is 35.5. The number of hydrogen-bond donors (Lipinski definition) is 1. The Bertz CT molecular complexity index is 857. The lowest BCUT2D eigenvalue weighted by Crippen LogP contribution is -2.29. The van der Waals surface area contributed by atoms with E-state index in [1.165, 1.54) is 11.1 Å². The number of rotatable bonds is 7. The average molecular weight is 413 g/mol. The molecule has 0 heterocycles. The van der Waals surface area contributed by atoms with Gasteiger partial charge in [0.2, 0.25) is 5.91 Å². The van der Waals surface area contributed by atoms with Crippen LogP contribution in [-0.4, -0.2) is 24.4 Å². The van der Waals surface area contributed by atoms with Gasteiger partial charge in [-0.25, -0.2) is 0 Å². The summed E-state index contributed by atoms with van der Waals surface area (Å²) >= 11 is 12.3. The van der Waals surface area contributed by atoms with Crippen molar-refractivity contribution in [2.75, 3.05) is 18.9 Å². The van der Waals surface area contributed by atoms with Gasteiger partial charge in [0.05, 0.1) is 21.8 Å². The standard InChI is InChI=1S/C23H22Cl2N2O/c1-27(16-15-21(28)26-22-19(24)13-8-14-20(22)25)23(17-9-4-2-5-10-17)18-11-6-3-7-12-18/h2-14,23H,15-16H2,1H3,(H,26,28). The first-order chi connectivity index (χ1) is 13.6. The second-order valence-electron chi connectivity index (χ2n) is 6.60. The molecule has 1 amide bonds. The zero-order chi connectivity index (χ0) is 19.9. The van der Waals surface area contributed by atoms with Crippen LogP contribution >= 0.6 is 23.2 Å². The minimum absolute atomic E-state index is 0.0686. The molecule has 28 heavy (non-hydrogen) atoms. The molecule has 0 aliphatic rings. The first-order valence-electron chi connectivity index (χ1n) is 9.10. The van der Waals surface area contributed by atoms with Gasteiger partial charge in [-0.1, -0.05) is 89.9 Å². The van der Waals surface area contributed by atoms with Crippen LogP contribution in [0.25, 0.3) is 0 Å². The average Bonchev–Trinajstić information content (AvgIpc) is 2.71. The predicted molar refractivity (Wildman–Crippen MR) is 117 cm³/mol. The van der Waals surface area contributed by atoms with Gasteiger partial charge in [-0.2, -0.15) is 0 Å². The molecule has 1 N–H and O–H groups in total. The molecule has 3 nitrogen and oxygen atoms in total. The Morgan fingerprint density at radius 3 is 1.86 bits per heavy atom. The molecule has 3 rings (SSSR count). The largest absolute Gasteiger partial charge is 0.324 e. The molecule has 0 aromatic heterocycles. The SMILES string of the molecule is CN(CCC(=O)Nc1c(Cl)cccc1Cl)C(c1ccccc1)c1ccccc1. The second kappa shape index (κ2) is 9.74. The molecular formula is C23H22Cl2N2O. The summed E-state index contributed by atoms with van der Waals surface area (Å²) in [5, 5.41) is 3.69. The number of nitrogens with one attached hydrogen (secondary N) is 1. The maximum atomic E-state index is 12.5. The molecule has 0 aliphatic carbocycles. The highest BCUT2D eigenvalue weighted by Crippen LogP contribution is 2.30. The van der Waals surface area contributed by atoms with Crippen LogP contribution in [0, 0.1) is 0 Å². The summed E-state index contributed by atoms with van der Waals surface area (Å²) in [5.41, 5.74) is 2.83. The van der Waals surface area contributed by atoms with Gasteiger partial charge in [-0.05, 0) is 30.3 Å². The van der Waals surface area contributed by atoms with Crippen molar-refractivity contribution in [3.8, 4) is 0 Å². The number of benzene rings is 3. The highest BCUT2D eigenvalue weighted by molar-refractivity contribution is 6.39. The van der Waals surface area contributed by atoms with Crippen LogP contribution < -0.4 is 5.32 Å². The van der Waals surface area contributed by atoms with Crippen molar-refractivity contribution >= 4 is 34.8 Å². The predicted octanol–water partition coefficient (Wildman–Crippen LogP) is 6.04. The summed E-state index contributed by atoms with van der Waals surface area (Å²) in [6.45, 7) is 0.586. The van der Waals surface area contributed by atoms with E-state index in [1.54, 1.807) is 18.2 Å². The van der Waals surface area contributed by atoms with Crippen LogP contribution in [0.5, 0.6) is 0 Å². The maximum absolute atomic E-state index is 12.5. The van der Waals surface area contributed by atoms with E-state index in [9.17, 15) is 4.79 Å². The summed E-state index contributed by atoms with van der Waals surface area (Å²) in [6, 6.07) is 25.8. The Hall–Kier alpha value is -2.33. The van der Waals surface area contributed by atoms with E-state index in [0.717, 1.165) is 0 Å². The summed E-state index contributed by atoms with van der Waals surface area (Å²) in [7, 11) is 2.03. The summed E-state index contributed by atoms with van der Waals surface area (Å²) in [5.74, 6) is -0.123. The molecule has 0 aliphatic heterocycles. The third-order valence-electron chi connectivity index (χ3n) is 4.59. The number of para-hydroxylation sites is 1. The van der Waals surface area contributed by atoms with Gasteiger partial charge >= 0.3 is 0 Å². The first kappa shape index (κ1) is 20.4. The van der Waals surface area contributed by atoms with E-state index < -0.39 is 0 Å². The quantitative estimate of drug-likeness (QED) is 0.512. The second-order valence-corrected chi connectivity index (χ2v) is 7.41. The van der Waals surface area contributed by atoms with Crippen LogP contribution in [0.1, 0.15) is 23.6 Å².